The monoisotopic (exact) mass is 374 g/mol. The van der Waals surface area contributed by atoms with Crippen LogP contribution in [0, 0.1) is 11.8 Å². The second-order valence-corrected chi connectivity index (χ2v) is 7.08. The number of hydrogen-bond donors (Lipinski definition) is 3. The van der Waals surface area contributed by atoms with Gasteiger partial charge < -0.3 is 19.9 Å². The maximum absolute atomic E-state index is 10.2. The molecule has 0 bridgehead atoms. The summed E-state index contributed by atoms with van der Waals surface area (Å²) >= 11 is 0. The molecule has 2 aliphatic carbocycles. The fourth-order valence-electron chi connectivity index (χ4n) is 2.93. The zero-order chi connectivity index (χ0) is 19.5. The Morgan fingerprint density at radius 2 is 1.70 bits per heavy atom. The Labute approximate surface area is 160 Å². The van der Waals surface area contributed by atoms with Crippen LogP contribution in [0.25, 0.3) is 0 Å². The van der Waals surface area contributed by atoms with E-state index in [0.29, 0.717) is 12.0 Å². The van der Waals surface area contributed by atoms with Crippen LogP contribution < -0.4 is 10.2 Å². The van der Waals surface area contributed by atoms with Crippen molar-refractivity contribution in [2.45, 2.75) is 51.2 Å². The molecule has 3 N–H and O–H groups in total. The molecule has 0 amide bonds. The number of hydrogen-bond acceptors (Lipinski definition) is 5. The number of aromatic nitrogens is 2. The number of aromatic amines is 1. The summed E-state index contributed by atoms with van der Waals surface area (Å²) < 4.78 is 5.63. The fraction of sp³-hybridized carbons (Fsp3) is 0.524. The van der Waals surface area contributed by atoms with Gasteiger partial charge in [0.2, 0.25) is 0 Å². The molecule has 6 nitrogen and oxygen atoms in total. The number of nitrogens with zero attached hydrogens (tertiary/aromatic N) is 1. The van der Waals surface area contributed by atoms with Gasteiger partial charge >= 0.3 is 0 Å². The number of aliphatic hydroxyl groups is 2. The molecular weight excluding hydrogens is 344 g/mol. The first kappa shape index (κ1) is 21.1. The van der Waals surface area contributed by atoms with Gasteiger partial charge in [-0.1, -0.05) is 13.3 Å². The molecule has 4 rings (SSSR count). The molecule has 0 radical (unpaired) electrons. The predicted octanol–water partition coefficient (Wildman–Crippen LogP) is 2.77. The highest BCUT2D eigenvalue weighted by atomic mass is 16.5. The third-order valence-electron chi connectivity index (χ3n) is 4.88. The molecule has 0 saturated heterocycles. The quantitative estimate of drug-likeness (QED) is 0.765. The van der Waals surface area contributed by atoms with Crippen molar-refractivity contribution in [1.29, 1.82) is 0 Å². The summed E-state index contributed by atoms with van der Waals surface area (Å²) in [5, 5.41) is 17.6. The number of ether oxygens (including phenoxy) is 1. The van der Waals surface area contributed by atoms with Crippen molar-refractivity contribution in [3.8, 4) is 5.75 Å². The molecule has 0 aromatic carbocycles. The van der Waals surface area contributed by atoms with Crippen molar-refractivity contribution >= 4 is 0 Å². The van der Waals surface area contributed by atoms with Gasteiger partial charge in [-0.3, -0.25) is 9.78 Å². The van der Waals surface area contributed by atoms with Gasteiger partial charge in [-0.25, -0.2) is 0 Å². The second kappa shape index (κ2) is 11.5. The van der Waals surface area contributed by atoms with Gasteiger partial charge in [0, 0.05) is 43.5 Å². The number of rotatable bonds is 4. The topological polar surface area (TPSA) is 95.4 Å². The van der Waals surface area contributed by atoms with Gasteiger partial charge in [0.25, 0.3) is 0 Å². The summed E-state index contributed by atoms with van der Waals surface area (Å²) in [5.74, 6) is 2.17. The highest BCUT2D eigenvalue weighted by molar-refractivity contribution is 5.17. The summed E-state index contributed by atoms with van der Waals surface area (Å²) in [4.78, 5) is 16.9. The largest absolute Gasteiger partial charge is 0.490 e. The van der Waals surface area contributed by atoms with E-state index in [1.54, 1.807) is 24.8 Å². The Morgan fingerprint density at radius 1 is 1.07 bits per heavy atom. The van der Waals surface area contributed by atoms with E-state index in [2.05, 4.69) is 16.9 Å². The van der Waals surface area contributed by atoms with E-state index in [-0.39, 0.29) is 18.1 Å². The van der Waals surface area contributed by atoms with E-state index < -0.39 is 0 Å². The molecule has 2 aromatic rings. The second-order valence-electron chi connectivity index (χ2n) is 7.08. The predicted molar refractivity (Wildman–Crippen MR) is 105 cm³/mol. The fourth-order valence-corrected chi connectivity index (χ4v) is 2.93. The maximum atomic E-state index is 10.2. The third-order valence-corrected chi connectivity index (χ3v) is 4.88. The Kier molecular flexibility index (Phi) is 9.01. The van der Waals surface area contributed by atoms with Crippen LogP contribution in [-0.2, 0) is 0 Å². The van der Waals surface area contributed by atoms with Crippen LogP contribution in [0.15, 0.2) is 53.8 Å². The Balaban J connectivity index is 0.000000159. The molecule has 0 spiro atoms. The molecule has 27 heavy (non-hydrogen) atoms. The maximum Gasteiger partial charge on any atom is 0.181 e. The van der Waals surface area contributed by atoms with Crippen molar-refractivity contribution in [2.24, 2.45) is 11.8 Å². The normalized spacial score (nSPS) is 25.4. The van der Waals surface area contributed by atoms with E-state index in [4.69, 9.17) is 14.9 Å². The summed E-state index contributed by atoms with van der Waals surface area (Å²) in [6.07, 6.45) is 12.3. The van der Waals surface area contributed by atoms with Crippen LogP contribution in [0.4, 0.5) is 0 Å². The van der Waals surface area contributed by atoms with Crippen LogP contribution in [0.1, 0.15) is 39.0 Å². The number of pyridine rings is 2. The third kappa shape index (κ3) is 7.93. The van der Waals surface area contributed by atoms with Crippen LogP contribution >= 0.6 is 0 Å². The highest BCUT2D eigenvalue weighted by Gasteiger charge is 2.29. The molecule has 0 aliphatic heterocycles. The van der Waals surface area contributed by atoms with Crippen molar-refractivity contribution in [3.63, 3.8) is 0 Å². The summed E-state index contributed by atoms with van der Waals surface area (Å²) in [6, 6.07) is 6.65. The van der Waals surface area contributed by atoms with Gasteiger partial charge in [-0.05, 0) is 49.7 Å². The van der Waals surface area contributed by atoms with Crippen LogP contribution in [0.3, 0.4) is 0 Å². The molecule has 2 aromatic heterocycles. The minimum atomic E-state index is 0.0405. The van der Waals surface area contributed by atoms with Gasteiger partial charge in [0.05, 0.1) is 12.2 Å². The average molecular weight is 374 g/mol. The van der Waals surface area contributed by atoms with Gasteiger partial charge in [0.1, 0.15) is 5.75 Å². The van der Waals surface area contributed by atoms with Crippen molar-refractivity contribution in [3.05, 3.63) is 59.3 Å². The lowest BCUT2D eigenvalue weighted by Gasteiger charge is -2.33. The van der Waals surface area contributed by atoms with Crippen molar-refractivity contribution in [2.75, 3.05) is 6.61 Å². The van der Waals surface area contributed by atoms with E-state index in [1.807, 2.05) is 12.1 Å². The van der Waals surface area contributed by atoms with Gasteiger partial charge in [0.15, 0.2) is 5.43 Å². The molecular formula is C21H30N2O4. The van der Waals surface area contributed by atoms with Gasteiger partial charge in [-0.2, -0.15) is 0 Å². The molecule has 2 fully saturated rings. The smallest absolute Gasteiger partial charge is 0.181 e. The van der Waals surface area contributed by atoms with Crippen molar-refractivity contribution < 1.29 is 14.9 Å². The summed E-state index contributed by atoms with van der Waals surface area (Å²) in [5.41, 5.74) is 0.0405. The molecule has 2 saturated carbocycles. The Bertz CT molecular complexity index is 662. The van der Waals surface area contributed by atoms with Crippen LogP contribution in [0.2, 0.25) is 0 Å². The first-order chi connectivity index (χ1) is 13.1. The molecule has 2 aliphatic rings. The van der Waals surface area contributed by atoms with E-state index >= 15 is 0 Å². The number of aliphatic hydroxyl groups excluding tert-OH is 2. The van der Waals surface area contributed by atoms with Crippen LogP contribution in [0.5, 0.6) is 5.75 Å². The molecule has 0 atom stereocenters. The van der Waals surface area contributed by atoms with E-state index in [0.717, 1.165) is 37.4 Å². The lowest BCUT2D eigenvalue weighted by Crippen LogP contribution is -2.35. The zero-order valence-electron chi connectivity index (χ0n) is 15.8. The first-order valence-electron chi connectivity index (χ1n) is 9.59. The van der Waals surface area contributed by atoms with Crippen LogP contribution in [-0.4, -0.2) is 39.0 Å². The lowest BCUT2D eigenvalue weighted by atomic mass is 9.81. The number of nitrogens with one attached hydrogen (secondary N) is 1. The molecule has 2 heterocycles. The molecule has 148 valence electrons. The molecule has 0 unspecified atom stereocenters. The first-order valence-corrected chi connectivity index (χ1v) is 9.59. The summed E-state index contributed by atoms with van der Waals surface area (Å²) in [6.45, 7) is 2.47. The summed E-state index contributed by atoms with van der Waals surface area (Å²) in [7, 11) is 0. The van der Waals surface area contributed by atoms with Gasteiger partial charge in [-0.15, -0.1) is 0 Å². The lowest BCUT2D eigenvalue weighted by molar-refractivity contribution is 0.0324. The SMILES string of the molecule is CCC1CC(O)C1.O=c1cc[nH]cc1.OCC1CC(Oc2ccncc2)C1. The average Bonchev–Trinajstić information content (AvgIpc) is 2.64. The Hall–Kier alpha value is -2.18. The zero-order valence-corrected chi connectivity index (χ0v) is 15.8. The van der Waals surface area contributed by atoms with E-state index in [9.17, 15) is 4.79 Å². The highest BCUT2D eigenvalue weighted by Crippen LogP contribution is 2.30. The minimum Gasteiger partial charge on any atom is -0.490 e. The van der Waals surface area contributed by atoms with Crippen molar-refractivity contribution in [1.82, 2.24) is 9.97 Å². The minimum absolute atomic E-state index is 0.0405. The number of H-pyrrole nitrogens is 1. The Morgan fingerprint density at radius 3 is 2.11 bits per heavy atom. The van der Waals surface area contributed by atoms with E-state index in [1.165, 1.54) is 18.6 Å². The standard InChI is InChI=1S/C10H13NO2.C6H12O.C5H5NO/c12-7-8-5-10(6-8)13-9-1-3-11-4-2-9;1-2-5-3-6(7)4-5;7-5-1-3-6-4-2-5/h1-4,8,10,12H,5-7H2;5-7H,2-4H2,1H3;1-4H,(H,6,7). The molecule has 6 heteroatoms.